The fraction of sp³-hybridized carbons (Fsp3) is 0.750. The second kappa shape index (κ2) is 5.53. The highest BCUT2D eigenvalue weighted by Crippen LogP contribution is 1.92. The van der Waals surface area contributed by atoms with E-state index in [1.807, 2.05) is 6.92 Å². The van der Waals surface area contributed by atoms with Gasteiger partial charge in [0.25, 0.3) is 0 Å². The Morgan fingerprint density at radius 2 is 2.08 bits per heavy atom. The molecule has 3 N–H and O–H groups in total. The Labute approximate surface area is 78.3 Å². The van der Waals surface area contributed by atoms with E-state index in [-0.39, 0.29) is 18.4 Å². The quantitative estimate of drug-likeness (QED) is 0.588. The van der Waals surface area contributed by atoms with Crippen LogP contribution in [0.1, 0.15) is 13.8 Å². The average molecular weight is 187 g/mol. The zero-order chi connectivity index (χ0) is 10.4. The predicted molar refractivity (Wildman–Crippen MR) is 50.0 cm³/mol. The first-order valence-corrected chi connectivity index (χ1v) is 4.27. The zero-order valence-corrected chi connectivity index (χ0v) is 8.33. The molecule has 0 aromatic carbocycles. The fourth-order valence-corrected chi connectivity index (χ4v) is 0.886. The summed E-state index contributed by atoms with van der Waals surface area (Å²) in [5, 5.41) is 2.45. The van der Waals surface area contributed by atoms with Gasteiger partial charge in [0.15, 0.2) is 0 Å². The molecule has 0 rings (SSSR count). The molecule has 0 saturated carbocycles. The van der Waals surface area contributed by atoms with E-state index in [0.29, 0.717) is 6.54 Å². The van der Waals surface area contributed by atoms with E-state index in [4.69, 9.17) is 5.73 Å². The maximum atomic E-state index is 11.3. The van der Waals surface area contributed by atoms with Crippen molar-refractivity contribution in [1.29, 1.82) is 0 Å². The van der Waals surface area contributed by atoms with Crippen molar-refractivity contribution in [3.8, 4) is 0 Å². The number of hydrogen-bond acceptors (Lipinski definition) is 3. The molecule has 0 saturated heterocycles. The van der Waals surface area contributed by atoms with Crippen molar-refractivity contribution < 1.29 is 9.59 Å². The van der Waals surface area contributed by atoms with Gasteiger partial charge in [-0.3, -0.25) is 9.59 Å². The van der Waals surface area contributed by atoms with Crippen LogP contribution in [0, 0.1) is 0 Å². The largest absolute Gasteiger partial charge is 0.358 e. The number of nitrogens with zero attached hydrogens (tertiary/aromatic N) is 1. The monoisotopic (exact) mass is 187 g/mol. The van der Waals surface area contributed by atoms with Crippen molar-refractivity contribution >= 4 is 11.8 Å². The highest BCUT2D eigenvalue weighted by Gasteiger charge is 2.17. The van der Waals surface area contributed by atoms with E-state index in [0.717, 1.165) is 0 Å². The van der Waals surface area contributed by atoms with Gasteiger partial charge in [0.1, 0.15) is 0 Å². The summed E-state index contributed by atoms with van der Waals surface area (Å²) in [5.41, 5.74) is 5.41. The van der Waals surface area contributed by atoms with E-state index in [1.54, 1.807) is 6.92 Å². The molecule has 5 nitrogen and oxygen atoms in total. The van der Waals surface area contributed by atoms with Crippen LogP contribution in [0.2, 0.25) is 0 Å². The van der Waals surface area contributed by atoms with Crippen molar-refractivity contribution in [2.45, 2.75) is 19.9 Å². The first-order chi connectivity index (χ1) is 6.02. The third kappa shape index (κ3) is 3.89. The topological polar surface area (TPSA) is 75.4 Å². The second-order valence-corrected chi connectivity index (χ2v) is 2.81. The molecule has 5 heteroatoms. The minimum absolute atomic E-state index is 0.0768. The molecule has 1 atom stereocenters. The van der Waals surface area contributed by atoms with Crippen LogP contribution in [-0.2, 0) is 9.59 Å². The SMILES string of the molecule is CCN(CC(=O)NC)C(=O)[C@H](C)N. The molecule has 76 valence electrons. The Balaban J connectivity index is 4.18. The van der Waals surface area contributed by atoms with Gasteiger partial charge in [-0.1, -0.05) is 0 Å². The minimum atomic E-state index is -0.551. The van der Waals surface area contributed by atoms with E-state index >= 15 is 0 Å². The van der Waals surface area contributed by atoms with Crippen LogP contribution in [-0.4, -0.2) is 42.9 Å². The first kappa shape index (κ1) is 11.9. The molecule has 0 spiro atoms. The molecule has 0 bridgehead atoms. The summed E-state index contributed by atoms with van der Waals surface area (Å²) in [6, 6.07) is -0.551. The number of amides is 2. The standard InChI is InChI=1S/C8H17N3O2/c1-4-11(5-7(12)10-3)8(13)6(2)9/h6H,4-5,9H2,1-3H3,(H,10,12)/t6-/m0/s1. The van der Waals surface area contributed by atoms with Crippen LogP contribution in [0.4, 0.5) is 0 Å². The van der Waals surface area contributed by atoms with Crippen LogP contribution in [0.5, 0.6) is 0 Å². The van der Waals surface area contributed by atoms with Gasteiger partial charge in [-0.25, -0.2) is 0 Å². The number of rotatable bonds is 4. The van der Waals surface area contributed by atoms with Gasteiger partial charge in [0, 0.05) is 13.6 Å². The summed E-state index contributed by atoms with van der Waals surface area (Å²) in [7, 11) is 1.53. The molecule has 0 aliphatic rings. The molecule has 0 aliphatic heterocycles. The lowest BCUT2D eigenvalue weighted by Gasteiger charge is -2.21. The molecule has 2 amide bonds. The molecule has 0 heterocycles. The van der Waals surface area contributed by atoms with E-state index in [2.05, 4.69) is 5.32 Å². The number of nitrogens with one attached hydrogen (secondary N) is 1. The summed E-state index contributed by atoms with van der Waals surface area (Å²) >= 11 is 0. The second-order valence-electron chi connectivity index (χ2n) is 2.81. The van der Waals surface area contributed by atoms with Gasteiger partial charge < -0.3 is 16.0 Å². The lowest BCUT2D eigenvalue weighted by molar-refractivity contribution is -0.136. The van der Waals surface area contributed by atoms with Crippen molar-refractivity contribution in [3.05, 3.63) is 0 Å². The molecule has 0 aromatic rings. The zero-order valence-electron chi connectivity index (χ0n) is 8.33. The van der Waals surface area contributed by atoms with E-state index in [9.17, 15) is 9.59 Å². The van der Waals surface area contributed by atoms with Gasteiger partial charge in [0.2, 0.25) is 11.8 Å². The lowest BCUT2D eigenvalue weighted by atomic mass is 10.3. The Morgan fingerprint density at radius 1 is 1.54 bits per heavy atom. The van der Waals surface area contributed by atoms with Crippen LogP contribution in [0.25, 0.3) is 0 Å². The smallest absolute Gasteiger partial charge is 0.239 e. The van der Waals surface area contributed by atoms with E-state index < -0.39 is 6.04 Å². The van der Waals surface area contributed by atoms with Crippen molar-refractivity contribution in [3.63, 3.8) is 0 Å². The van der Waals surface area contributed by atoms with Gasteiger partial charge in [-0.2, -0.15) is 0 Å². The Bertz CT molecular complexity index is 192. The lowest BCUT2D eigenvalue weighted by Crippen LogP contribution is -2.46. The summed E-state index contributed by atoms with van der Waals surface area (Å²) in [6.07, 6.45) is 0. The molecule has 0 radical (unpaired) electrons. The summed E-state index contributed by atoms with van der Waals surface area (Å²) in [6.45, 7) is 3.99. The summed E-state index contributed by atoms with van der Waals surface area (Å²) in [4.78, 5) is 23.7. The van der Waals surface area contributed by atoms with Gasteiger partial charge in [0.05, 0.1) is 12.6 Å². The Kier molecular flexibility index (Phi) is 5.06. The van der Waals surface area contributed by atoms with Crippen LogP contribution < -0.4 is 11.1 Å². The maximum Gasteiger partial charge on any atom is 0.239 e. The minimum Gasteiger partial charge on any atom is -0.358 e. The third-order valence-electron chi connectivity index (χ3n) is 1.70. The number of nitrogens with two attached hydrogens (primary N) is 1. The molecular weight excluding hydrogens is 170 g/mol. The third-order valence-corrected chi connectivity index (χ3v) is 1.70. The predicted octanol–water partition coefficient (Wildman–Crippen LogP) is -1.07. The molecule has 0 aliphatic carbocycles. The molecule has 0 fully saturated rings. The highest BCUT2D eigenvalue weighted by molar-refractivity contribution is 5.87. The van der Waals surface area contributed by atoms with Crippen molar-refractivity contribution in [2.24, 2.45) is 5.73 Å². The van der Waals surface area contributed by atoms with Crippen LogP contribution >= 0.6 is 0 Å². The molecule has 13 heavy (non-hydrogen) atoms. The molecule has 0 aromatic heterocycles. The number of carbonyl (C=O) groups excluding carboxylic acids is 2. The van der Waals surface area contributed by atoms with Gasteiger partial charge in [-0.15, -0.1) is 0 Å². The Hall–Kier alpha value is -1.10. The van der Waals surface area contributed by atoms with Crippen molar-refractivity contribution in [2.75, 3.05) is 20.1 Å². The fourth-order valence-electron chi connectivity index (χ4n) is 0.886. The number of likely N-dealkylation sites (N-methyl/N-ethyl adjacent to an activating group) is 2. The van der Waals surface area contributed by atoms with Gasteiger partial charge >= 0.3 is 0 Å². The van der Waals surface area contributed by atoms with Crippen molar-refractivity contribution in [1.82, 2.24) is 10.2 Å². The average Bonchev–Trinajstić information content (AvgIpc) is 2.12. The van der Waals surface area contributed by atoms with Crippen LogP contribution in [0.15, 0.2) is 0 Å². The summed E-state index contributed by atoms with van der Waals surface area (Å²) in [5.74, 6) is -0.387. The maximum absolute atomic E-state index is 11.3. The molecule has 0 unspecified atom stereocenters. The van der Waals surface area contributed by atoms with Crippen LogP contribution in [0.3, 0.4) is 0 Å². The summed E-state index contributed by atoms with van der Waals surface area (Å²) < 4.78 is 0. The normalized spacial score (nSPS) is 12.0. The van der Waals surface area contributed by atoms with Gasteiger partial charge in [-0.05, 0) is 13.8 Å². The highest BCUT2D eigenvalue weighted by atomic mass is 16.2. The molecular formula is C8H17N3O2. The Morgan fingerprint density at radius 3 is 2.38 bits per heavy atom. The number of carbonyl (C=O) groups is 2. The first-order valence-electron chi connectivity index (χ1n) is 4.27. The number of hydrogen-bond donors (Lipinski definition) is 2. The van der Waals surface area contributed by atoms with E-state index in [1.165, 1.54) is 11.9 Å².